The number of rotatable bonds is 7. The van der Waals surface area contributed by atoms with Gasteiger partial charge >= 0.3 is 6.03 Å². The summed E-state index contributed by atoms with van der Waals surface area (Å²) in [4.78, 5) is 28.5. The minimum Gasteiger partial charge on any atom is -0.352 e. The van der Waals surface area contributed by atoms with Gasteiger partial charge in [0.2, 0.25) is 0 Å². The fourth-order valence-electron chi connectivity index (χ4n) is 2.70. The van der Waals surface area contributed by atoms with Crippen molar-refractivity contribution in [2.24, 2.45) is 0 Å². The Morgan fingerprint density at radius 3 is 2.41 bits per heavy atom. The second-order valence-corrected chi connectivity index (χ2v) is 7.44. The number of amides is 3. The van der Waals surface area contributed by atoms with Crippen molar-refractivity contribution >= 4 is 29.0 Å². The van der Waals surface area contributed by atoms with Crippen molar-refractivity contribution in [1.82, 2.24) is 15.6 Å². The molecular formula is C22H24N4O2S. The van der Waals surface area contributed by atoms with Gasteiger partial charge in [-0.15, -0.1) is 11.3 Å². The topological polar surface area (TPSA) is 83.1 Å². The summed E-state index contributed by atoms with van der Waals surface area (Å²) in [6, 6.07) is 14.8. The van der Waals surface area contributed by atoms with Crippen LogP contribution in [0.1, 0.15) is 28.5 Å². The smallest absolute Gasteiger partial charge is 0.319 e. The lowest BCUT2D eigenvalue weighted by Crippen LogP contribution is -2.30. The number of hydrogen-bond donors (Lipinski definition) is 3. The summed E-state index contributed by atoms with van der Waals surface area (Å²) in [7, 11) is 0. The van der Waals surface area contributed by atoms with Crippen LogP contribution in [0.5, 0.6) is 0 Å². The second kappa shape index (κ2) is 9.84. The Bertz CT molecular complexity index is 965. The number of urea groups is 1. The molecule has 0 fully saturated rings. The first-order valence-corrected chi connectivity index (χ1v) is 10.4. The zero-order valence-corrected chi connectivity index (χ0v) is 17.3. The van der Waals surface area contributed by atoms with Crippen molar-refractivity contribution in [2.75, 3.05) is 18.4 Å². The lowest BCUT2D eigenvalue weighted by molar-refractivity contribution is 0.0956. The van der Waals surface area contributed by atoms with Gasteiger partial charge in [0.25, 0.3) is 5.91 Å². The van der Waals surface area contributed by atoms with Crippen LogP contribution in [-0.4, -0.2) is 30.0 Å². The Morgan fingerprint density at radius 2 is 1.72 bits per heavy atom. The van der Waals surface area contributed by atoms with Crippen LogP contribution in [0.4, 0.5) is 10.5 Å². The number of carbonyl (C=O) groups is 2. The highest BCUT2D eigenvalue weighted by Gasteiger charge is 2.07. The third-order valence-corrected chi connectivity index (χ3v) is 5.20. The van der Waals surface area contributed by atoms with Gasteiger partial charge in [-0.3, -0.25) is 4.79 Å². The predicted molar refractivity (Wildman–Crippen MR) is 117 cm³/mol. The Morgan fingerprint density at radius 1 is 1.00 bits per heavy atom. The standard InChI is InChI=1S/C22H24N4O2S/c1-3-23-20(27)16-8-10-18(11-9-16)26-22(28)24-13-12-19-14-29-21(25-19)17-6-4-15(2)5-7-17/h4-11,14H,3,12-13H2,1-2H3,(H,23,27)(H2,24,26,28). The molecule has 0 aliphatic carbocycles. The van der Waals surface area contributed by atoms with Crippen LogP contribution in [0.25, 0.3) is 10.6 Å². The average molecular weight is 409 g/mol. The highest BCUT2D eigenvalue weighted by molar-refractivity contribution is 7.13. The van der Waals surface area contributed by atoms with Crippen LogP contribution in [0.15, 0.2) is 53.9 Å². The van der Waals surface area contributed by atoms with Gasteiger partial charge in [0.1, 0.15) is 5.01 Å². The SMILES string of the molecule is CCNC(=O)c1ccc(NC(=O)NCCc2csc(-c3ccc(C)cc3)n2)cc1. The number of hydrogen-bond acceptors (Lipinski definition) is 4. The highest BCUT2D eigenvalue weighted by Crippen LogP contribution is 2.24. The van der Waals surface area contributed by atoms with Crippen molar-refractivity contribution in [3.63, 3.8) is 0 Å². The molecule has 1 heterocycles. The van der Waals surface area contributed by atoms with Gasteiger partial charge in [0, 0.05) is 41.7 Å². The summed E-state index contributed by atoms with van der Waals surface area (Å²) in [6.07, 6.45) is 0.659. The van der Waals surface area contributed by atoms with Gasteiger partial charge in [-0.05, 0) is 38.1 Å². The van der Waals surface area contributed by atoms with E-state index in [1.54, 1.807) is 35.6 Å². The van der Waals surface area contributed by atoms with Gasteiger partial charge < -0.3 is 16.0 Å². The van der Waals surface area contributed by atoms with Crippen molar-refractivity contribution in [2.45, 2.75) is 20.3 Å². The molecule has 3 amide bonds. The summed E-state index contributed by atoms with van der Waals surface area (Å²) >= 11 is 1.60. The normalized spacial score (nSPS) is 10.4. The molecule has 0 unspecified atom stereocenters. The Labute approximate surface area is 174 Å². The highest BCUT2D eigenvalue weighted by atomic mass is 32.1. The molecule has 3 N–H and O–H groups in total. The fraction of sp³-hybridized carbons (Fsp3) is 0.227. The van der Waals surface area contributed by atoms with Crippen molar-refractivity contribution in [3.8, 4) is 10.6 Å². The third kappa shape index (κ3) is 5.89. The van der Waals surface area contributed by atoms with Gasteiger partial charge in [0.15, 0.2) is 0 Å². The number of carbonyl (C=O) groups excluding carboxylic acids is 2. The maximum Gasteiger partial charge on any atom is 0.319 e. The third-order valence-electron chi connectivity index (χ3n) is 4.26. The van der Waals surface area contributed by atoms with E-state index >= 15 is 0 Å². The monoisotopic (exact) mass is 408 g/mol. The number of anilines is 1. The Balaban J connectivity index is 1.45. The zero-order valence-electron chi connectivity index (χ0n) is 16.5. The zero-order chi connectivity index (χ0) is 20.6. The van der Waals surface area contributed by atoms with Crippen LogP contribution < -0.4 is 16.0 Å². The summed E-state index contributed by atoms with van der Waals surface area (Å²) in [5.74, 6) is -0.128. The molecule has 1 aromatic heterocycles. The fourth-order valence-corrected chi connectivity index (χ4v) is 3.56. The van der Waals surface area contributed by atoms with E-state index < -0.39 is 0 Å². The van der Waals surface area contributed by atoms with Crippen molar-refractivity contribution in [3.05, 3.63) is 70.7 Å². The molecule has 2 aromatic carbocycles. The molecule has 0 aliphatic heterocycles. The molecule has 0 saturated carbocycles. The van der Waals surface area contributed by atoms with Gasteiger partial charge in [0.05, 0.1) is 5.69 Å². The molecule has 0 spiro atoms. The number of thiazole rings is 1. The van der Waals surface area contributed by atoms with E-state index in [1.165, 1.54) is 5.56 Å². The maximum atomic E-state index is 12.1. The minimum atomic E-state index is -0.287. The summed E-state index contributed by atoms with van der Waals surface area (Å²) in [5, 5.41) is 11.3. The lowest BCUT2D eigenvalue weighted by atomic mass is 10.2. The number of aromatic nitrogens is 1. The van der Waals surface area contributed by atoms with Crippen LogP contribution in [-0.2, 0) is 6.42 Å². The molecular weight excluding hydrogens is 384 g/mol. The van der Waals surface area contributed by atoms with E-state index in [2.05, 4.69) is 52.1 Å². The summed E-state index contributed by atoms with van der Waals surface area (Å²) < 4.78 is 0. The molecule has 0 radical (unpaired) electrons. The maximum absolute atomic E-state index is 12.1. The van der Waals surface area contributed by atoms with Crippen LogP contribution >= 0.6 is 11.3 Å². The van der Waals surface area contributed by atoms with Crippen molar-refractivity contribution in [1.29, 1.82) is 0 Å². The molecule has 3 aromatic rings. The van der Waals surface area contributed by atoms with Gasteiger partial charge in [-0.1, -0.05) is 29.8 Å². The number of aryl methyl sites for hydroxylation is 1. The van der Waals surface area contributed by atoms with Crippen LogP contribution in [0.3, 0.4) is 0 Å². The van der Waals surface area contributed by atoms with Crippen molar-refractivity contribution < 1.29 is 9.59 Å². The van der Waals surface area contributed by atoms with E-state index in [0.29, 0.717) is 30.8 Å². The predicted octanol–water partition coefficient (Wildman–Crippen LogP) is 4.23. The van der Waals surface area contributed by atoms with E-state index in [1.807, 2.05) is 12.3 Å². The minimum absolute atomic E-state index is 0.128. The second-order valence-electron chi connectivity index (χ2n) is 6.58. The molecule has 3 rings (SSSR count). The van der Waals surface area contributed by atoms with Gasteiger partial charge in [-0.2, -0.15) is 0 Å². The molecule has 150 valence electrons. The number of benzene rings is 2. The van der Waals surface area contributed by atoms with E-state index in [9.17, 15) is 9.59 Å². The molecule has 0 bridgehead atoms. The molecule has 0 saturated heterocycles. The van der Waals surface area contributed by atoms with Crippen LogP contribution in [0, 0.1) is 6.92 Å². The van der Waals surface area contributed by atoms with Crippen LogP contribution in [0.2, 0.25) is 0 Å². The quantitative estimate of drug-likeness (QED) is 0.547. The summed E-state index contributed by atoms with van der Waals surface area (Å²) in [6.45, 7) is 4.99. The number of nitrogens with zero attached hydrogens (tertiary/aromatic N) is 1. The number of nitrogens with one attached hydrogen (secondary N) is 3. The summed E-state index contributed by atoms with van der Waals surface area (Å²) in [5.41, 5.74) is 4.47. The molecule has 0 atom stereocenters. The first kappa shape index (κ1) is 20.5. The Kier molecular flexibility index (Phi) is 6.97. The average Bonchev–Trinajstić information content (AvgIpc) is 3.18. The Hall–Kier alpha value is -3.19. The first-order valence-electron chi connectivity index (χ1n) is 9.49. The largest absolute Gasteiger partial charge is 0.352 e. The molecule has 7 heteroatoms. The molecule has 29 heavy (non-hydrogen) atoms. The lowest BCUT2D eigenvalue weighted by Gasteiger charge is -2.08. The van der Waals surface area contributed by atoms with E-state index in [4.69, 9.17) is 0 Å². The van der Waals surface area contributed by atoms with E-state index in [-0.39, 0.29) is 11.9 Å². The molecule has 6 nitrogen and oxygen atoms in total. The first-order chi connectivity index (χ1) is 14.0. The van der Waals surface area contributed by atoms with E-state index in [0.717, 1.165) is 16.3 Å². The molecule has 0 aliphatic rings. The van der Waals surface area contributed by atoms with Gasteiger partial charge in [-0.25, -0.2) is 9.78 Å².